The highest BCUT2D eigenvalue weighted by Gasteiger charge is 2.19. The van der Waals surface area contributed by atoms with Gasteiger partial charge in [-0.1, -0.05) is 18.2 Å². The number of hydrogen-bond donors (Lipinski definition) is 2. The van der Waals surface area contributed by atoms with Crippen LogP contribution in [0.2, 0.25) is 0 Å². The second-order valence-corrected chi connectivity index (χ2v) is 4.40. The molecule has 2 aromatic rings. The number of fused-ring (bicyclic) bond motifs is 1. The molecule has 6 nitrogen and oxygen atoms in total. The van der Waals surface area contributed by atoms with Crippen LogP contribution >= 0.6 is 0 Å². The van der Waals surface area contributed by atoms with Crippen molar-refractivity contribution in [3.8, 4) is 16.9 Å². The van der Waals surface area contributed by atoms with Crippen LogP contribution in [0.3, 0.4) is 0 Å². The minimum Gasteiger partial charge on any atom is -0.554 e. The molecular formula is C15H19N3O3. The summed E-state index contributed by atoms with van der Waals surface area (Å²) < 4.78 is 5.65. The summed E-state index contributed by atoms with van der Waals surface area (Å²) in [7, 11) is 0. The van der Waals surface area contributed by atoms with Gasteiger partial charge in [-0.25, -0.2) is 0 Å². The summed E-state index contributed by atoms with van der Waals surface area (Å²) in [6, 6.07) is 10.2. The van der Waals surface area contributed by atoms with Crippen molar-refractivity contribution >= 4 is 6.47 Å². The number of rotatable bonds is 1. The maximum absolute atomic E-state index is 8.25. The van der Waals surface area contributed by atoms with Gasteiger partial charge in [0.05, 0.1) is 0 Å². The van der Waals surface area contributed by atoms with E-state index >= 15 is 0 Å². The predicted octanol–water partition coefficient (Wildman–Crippen LogP) is 0.753. The van der Waals surface area contributed by atoms with E-state index in [1.165, 1.54) is 11.1 Å². The topological polar surface area (TPSA) is 125 Å². The van der Waals surface area contributed by atoms with Gasteiger partial charge in [-0.2, -0.15) is 0 Å². The largest absolute Gasteiger partial charge is 0.554 e. The average Bonchev–Trinajstić information content (AvgIpc) is 2.48. The van der Waals surface area contributed by atoms with Crippen LogP contribution in [0.1, 0.15) is 5.56 Å². The maximum Gasteiger partial charge on any atom is 0.123 e. The molecule has 2 heterocycles. The Morgan fingerprint density at radius 1 is 1.33 bits per heavy atom. The lowest BCUT2D eigenvalue weighted by molar-refractivity contribution is -0.283. The van der Waals surface area contributed by atoms with Crippen LogP contribution in [0.4, 0.5) is 0 Å². The number of carboxylic acid groups (broad SMARTS) is 1. The predicted molar refractivity (Wildman–Crippen MR) is 78.9 cm³/mol. The van der Waals surface area contributed by atoms with Gasteiger partial charge in [-0.15, -0.1) is 0 Å². The van der Waals surface area contributed by atoms with Crippen molar-refractivity contribution in [2.45, 2.75) is 12.5 Å². The first-order valence-corrected chi connectivity index (χ1v) is 6.22. The lowest BCUT2D eigenvalue weighted by Gasteiger charge is -2.24. The molecule has 0 saturated heterocycles. The van der Waals surface area contributed by atoms with Crippen LogP contribution in [-0.4, -0.2) is 24.1 Å². The fourth-order valence-electron chi connectivity index (χ4n) is 2.22. The number of ether oxygens (including phenoxy) is 1. The molecule has 0 amide bonds. The summed E-state index contributed by atoms with van der Waals surface area (Å²) in [4.78, 5) is 12.4. The lowest BCUT2D eigenvalue weighted by Crippen LogP contribution is -2.34. The SMILES string of the molecule is N[C@@H]1COc2cccc(-c3cccnc3)c2C1.O=C[O-].[NH4+]. The number of nitrogens with zero attached hydrogens (tertiary/aromatic N) is 1. The summed E-state index contributed by atoms with van der Waals surface area (Å²) in [5, 5.41) is 8.25. The Morgan fingerprint density at radius 2 is 2.10 bits per heavy atom. The van der Waals surface area contributed by atoms with Crippen LogP contribution in [0, 0.1) is 0 Å². The van der Waals surface area contributed by atoms with Gasteiger partial charge in [0.25, 0.3) is 0 Å². The molecule has 0 radical (unpaired) electrons. The van der Waals surface area contributed by atoms with E-state index in [-0.39, 0.29) is 12.2 Å². The van der Waals surface area contributed by atoms with E-state index in [4.69, 9.17) is 20.4 Å². The third-order valence-corrected chi connectivity index (χ3v) is 3.02. The number of hydrogen-bond acceptors (Lipinski definition) is 5. The van der Waals surface area contributed by atoms with Gasteiger partial charge in [0.1, 0.15) is 12.4 Å². The Labute approximate surface area is 123 Å². The van der Waals surface area contributed by atoms with Gasteiger partial charge in [-0.3, -0.25) is 4.98 Å². The molecule has 21 heavy (non-hydrogen) atoms. The van der Waals surface area contributed by atoms with Crippen molar-refractivity contribution < 1.29 is 14.6 Å². The molecule has 1 atom stereocenters. The van der Waals surface area contributed by atoms with Crippen molar-refractivity contribution in [2.75, 3.05) is 6.61 Å². The first-order valence-electron chi connectivity index (χ1n) is 6.22. The van der Waals surface area contributed by atoms with Crippen LogP contribution in [0.25, 0.3) is 11.1 Å². The quantitative estimate of drug-likeness (QED) is 0.749. The molecular weight excluding hydrogens is 270 g/mol. The van der Waals surface area contributed by atoms with Gasteiger partial charge < -0.3 is 26.5 Å². The van der Waals surface area contributed by atoms with Gasteiger partial charge in [-0.05, 0) is 24.1 Å². The highest BCUT2D eigenvalue weighted by atomic mass is 16.5. The van der Waals surface area contributed by atoms with Crippen LogP contribution in [-0.2, 0) is 11.2 Å². The third-order valence-electron chi connectivity index (χ3n) is 3.02. The standard InChI is InChI=1S/C14H14N2O.CH2O2.H3N/c15-11-7-13-12(10-3-2-6-16-8-10)4-1-5-14(13)17-9-11;2-1-3;/h1-6,8,11H,7,9,15H2;1H,(H,2,3);1H3/t11-;;/m0../s1. The molecule has 0 unspecified atom stereocenters. The summed E-state index contributed by atoms with van der Waals surface area (Å²) in [5.74, 6) is 0.952. The maximum atomic E-state index is 8.25. The molecule has 6 heteroatoms. The number of nitrogens with two attached hydrogens (primary N) is 1. The van der Waals surface area contributed by atoms with E-state index < -0.39 is 6.47 Å². The molecule has 1 aliphatic rings. The normalized spacial score (nSPS) is 15.4. The average molecular weight is 289 g/mol. The van der Waals surface area contributed by atoms with Crippen molar-refractivity contribution in [1.82, 2.24) is 11.1 Å². The van der Waals surface area contributed by atoms with E-state index in [0.717, 1.165) is 17.7 Å². The smallest absolute Gasteiger partial charge is 0.123 e. The van der Waals surface area contributed by atoms with Crippen LogP contribution in [0.5, 0.6) is 5.75 Å². The number of quaternary nitrogens is 1. The Hall–Kier alpha value is -2.44. The minimum atomic E-state index is -0.500. The van der Waals surface area contributed by atoms with Crippen molar-refractivity contribution in [1.29, 1.82) is 0 Å². The Bertz CT molecular complexity index is 576. The number of aromatic nitrogens is 1. The molecule has 0 saturated carbocycles. The minimum absolute atomic E-state index is 0. The lowest BCUT2D eigenvalue weighted by atomic mass is 9.94. The molecule has 0 fully saturated rings. The number of pyridine rings is 1. The van der Waals surface area contributed by atoms with Gasteiger partial charge >= 0.3 is 0 Å². The molecule has 0 spiro atoms. The van der Waals surface area contributed by atoms with Gasteiger partial charge in [0, 0.05) is 36.0 Å². The zero-order valence-electron chi connectivity index (χ0n) is 11.9. The van der Waals surface area contributed by atoms with E-state index in [9.17, 15) is 0 Å². The third kappa shape index (κ3) is 4.01. The summed E-state index contributed by atoms with van der Waals surface area (Å²) >= 11 is 0. The number of carbonyl (C=O) groups is 1. The zero-order chi connectivity index (χ0) is 14.4. The van der Waals surface area contributed by atoms with E-state index in [1.54, 1.807) is 6.20 Å². The van der Waals surface area contributed by atoms with Crippen LogP contribution < -0.4 is 21.7 Å². The number of benzene rings is 1. The second kappa shape index (κ2) is 7.98. The zero-order valence-corrected chi connectivity index (χ0v) is 11.9. The first kappa shape index (κ1) is 16.6. The highest BCUT2D eigenvalue weighted by molar-refractivity contribution is 5.69. The van der Waals surface area contributed by atoms with E-state index in [2.05, 4.69) is 17.1 Å². The van der Waals surface area contributed by atoms with Crippen molar-refractivity contribution in [3.63, 3.8) is 0 Å². The molecule has 3 rings (SSSR count). The van der Waals surface area contributed by atoms with Gasteiger partial charge in [0.15, 0.2) is 0 Å². The monoisotopic (exact) mass is 289 g/mol. The summed E-state index contributed by atoms with van der Waals surface area (Å²) in [6.45, 7) is 0.101. The molecule has 1 aromatic carbocycles. The summed E-state index contributed by atoms with van der Waals surface area (Å²) in [6.07, 6.45) is 4.51. The van der Waals surface area contributed by atoms with Crippen molar-refractivity contribution in [2.24, 2.45) is 5.73 Å². The van der Waals surface area contributed by atoms with Crippen LogP contribution in [0.15, 0.2) is 42.7 Å². The highest BCUT2D eigenvalue weighted by Crippen LogP contribution is 2.33. The molecule has 0 bridgehead atoms. The van der Waals surface area contributed by atoms with E-state index in [0.29, 0.717) is 6.61 Å². The molecule has 112 valence electrons. The Kier molecular flexibility index (Phi) is 6.32. The molecule has 1 aliphatic heterocycles. The Balaban J connectivity index is 0.000000510. The van der Waals surface area contributed by atoms with Crippen molar-refractivity contribution in [3.05, 3.63) is 48.3 Å². The fraction of sp³-hybridized carbons (Fsp3) is 0.200. The molecule has 0 aliphatic carbocycles. The number of carbonyl (C=O) groups excluding carboxylic acids is 1. The second-order valence-electron chi connectivity index (χ2n) is 4.40. The van der Waals surface area contributed by atoms with E-state index in [1.807, 2.05) is 24.4 Å². The molecule has 1 aromatic heterocycles. The first-order chi connectivity index (χ1) is 9.76. The van der Waals surface area contributed by atoms with Gasteiger partial charge in [0.2, 0.25) is 0 Å². The Morgan fingerprint density at radius 3 is 2.76 bits per heavy atom. The molecule has 6 N–H and O–H groups in total. The fourth-order valence-corrected chi connectivity index (χ4v) is 2.22. The summed E-state index contributed by atoms with van der Waals surface area (Å²) in [5.41, 5.74) is 9.43.